The first-order valence-corrected chi connectivity index (χ1v) is 10.9. The van der Waals surface area contributed by atoms with E-state index in [0.717, 1.165) is 35.3 Å². The zero-order valence-electron chi connectivity index (χ0n) is 17.8. The molecule has 1 saturated carbocycles. The molecule has 1 unspecified atom stereocenters. The Balaban J connectivity index is 1.43. The van der Waals surface area contributed by atoms with Gasteiger partial charge in [-0.15, -0.1) is 0 Å². The van der Waals surface area contributed by atoms with Crippen LogP contribution in [0.5, 0.6) is 0 Å². The first kappa shape index (κ1) is 20.9. The summed E-state index contributed by atoms with van der Waals surface area (Å²) in [5.41, 5.74) is 2.80. The van der Waals surface area contributed by atoms with Gasteiger partial charge in [0.05, 0.1) is 17.6 Å². The normalized spacial score (nSPS) is 15.0. The summed E-state index contributed by atoms with van der Waals surface area (Å²) in [6.45, 7) is 0.573. The van der Waals surface area contributed by atoms with Crippen LogP contribution in [-0.4, -0.2) is 34.6 Å². The van der Waals surface area contributed by atoms with Crippen LogP contribution in [0.4, 0.5) is 4.79 Å². The largest absolute Gasteiger partial charge is 0.341 e. The molecular formula is C24H29N5O2. The highest BCUT2D eigenvalue weighted by Gasteiger charge is 2.23. The lowest BCUT2D eigenvalue weighted by Gasteiger charge is -2.19. The molecule has 1 aliphatic carbocycles. The molecule has 3 aromatic rings. The molecule has 3 amide bonds. The fourth-order valence-corrected chi connectivity index (χ4v) is 4.25. The van der Waals surface area contributed by atoms with Crippen molar-refractivity contribution < 1.29 is 9.59 Å². The minimum Gasteiger partial charge on any atom is -0.341 e. The highest BCUT2D eigenvalue weighted by atomic mass is 16.2. The van der Waals surface area contributed by atoms with Gasteiger partial charge in [0.1, 0.15) is 11.9 Å². The highest BCUT2D eigenvalue weighted by molar-refractivity contribution is 5.84. The number of rotatable bonds is 7. The maximum Gasteiger partial charge on any atom is 0.315 e. The molecule has 4 rings (SSSR count). The number of amides is 3. The highest BCUT2D eigenvalue weighted by Crippen LogP contribution is 2.25. The number of hydrogen-bond donors (Lipinski definition) is 3. The number of nitrogens with zero attached hydrogens (tertiary/aromatic N) is 2. The Hall–Kier alpha value is -3.35. The maximum absolute atomic E-state index is 12.7. The number of carbonyl (C=O) groups excluding carboxylic acids is 2. The third-order valence-electron chi connectivity index (χ3n) is 5.95. The van der Waals surface area contributed by atoms with Crippen LogP contribution in [0.3, 0.4) is 0 Å². The van der Waals surface area contributed by atoms with E-state index in [9.17, 15) is 9.59 Å². The Kier molecular flexibility index (Phi) is 6.50. The van der Waals surface area contributed by atoms with Crippen LogP contribution in [0, 0.1) is 5.92 Å². The smallest absolute Gasteiger partial charge is 0.315 e. The molecule has 0 radical (unpaired) electrons. The Labute approximate surface area is 182 Å². The average molecular weight is 420 g/mol. The fourth-order valence-electron chi connectivity index (χ4n) is 4.25. The van der Waals surface area contributed by atoms with Gasteiger partial charge in [-0.05, 0) is 36.5 Å². The number of aryl methyl sites for hydroxylation is 1. The van der Waals surface area contributed by atoms with Gasteiger partial charge in [-0.3, -0.25) is 4.79 Å². The molecule has 1 aromatic heterocycles. The van der Waals surface area contributed by atoms with Gasteiger partial charge < -0.3 is 20.5 Å². The molecule has 0 bridgehead atoms. The zero-order valence-corrected chi connectivity index (χ0v) is 17.8. The van der Waals surface area contributed by atoms with Gasteiger partial charge in [-0.2, -0.15) is 0 Å². The maximum atomic E-state index is 12.7. The van der Waals surface area contributed by atoms with Gasteiger partial charge >= 0.3 is 6.03 Å². The second-order valence-corrected chi connectivity index (χ2v) is 8.14. The van der Waals surface area contributed by atoms with E-state index in [1.165, 1.54) is 12.8 Å². The summed E-state index contributed by atoms with van der Waals surface area (Å²) in [4.78, 5) is 29.5. The van der Waals surface area contributed by atoms with Crippen LogP contribution < -0.4 is 16.0 Å². The number of para-hydroxylation sites is 2. The number of imidazole rings is 1. The number of aromatic nitrogens is 2. The lowest BCUT2D eigenvalue weighted by atomic mass is 10.1. The van der Waals surface area contributed by atoms with Gasteiger partial charge in [0, 0.05) is 13.6 Å². The minimum absolute atomic E-state index is 0.0935. The molecule has 0 saturated heterocycles. The van der Waals surface area contributed by atoms with Crippen LogP contribution in [0.1, 0.15) is 43.1 Å². The Morgan fingerprint density at radius 3 is 2.48 bits per heavy atom. The predicted octanol–water partition coefficient (Wildman–Crippen LogP) is 3.27. The van der Waals surface area contributed by atoms with Crippen LogP contribution in [-0.2, 0) is 11.8 Å². The minimum atomic E-state index is -0.422. The van der Waals surface area contributed by atoms with E-state index in [2.05, 4.69) is 16.0 Å². The van der Waals surface area contributed by atoms with E-state index in [1.54, 1.807) is 0 Å². The Bertz CT molecular complexity index is 1040. The number of carbonyl (C=O) groups is 2. The first-order chi connectivity index (χ1) is 15.1. The van der Waals surface area contributed by atoms with Crippen molar-refractivity contribution in [1.29, 1.82) is 0 Å². The molecule has 0 aliphatic heterocycles. The molecule has 1 aliphatic rings. The van der Waals surface area contributed by atoms with Crippen molar-refractivity contribution in [3.8, 4) is 0 Å². The summed E-state index contributed by atoms with van der Waals surface area (Å²) < 4.78 is 2.00. The molecule has 7 heteroatoms. The quantitative estimate of drug-likeness (QED) is 0.549. The molecule has 31 heavy (non-hydrogen) atoms. The summed E-state index contributed by atoms with van der Waals surface area (Å²) in [5, 5.41) is 8.58. The predicted molar refractivity (Wildman–Crippen MR) is 121 cm³/mol. The molecule has 0 spiro atoms. The molecule has 1 fully saturated rings. The molecule has 2 aromatic carbocycles. The lowest BCUT2D eigenvalue weighted by Crippen LogP contribution is -2.44. The fraction of sp³-hybridized carbons (Fsp3) is 0.375. The molecule has 1 heterocycles. The van der Waals surface area contributed by atoms with Crippen molar-refractivity contribution in [3.05, 3.63) is 66.0 Å². The number of nitrogens with one attached hydrogen (secondary N) is 3. The van der Waals surface area contributed by atoms with E-state index in [0.29, 0.717) is 12.5 Å². The van der Waals surface area contributed by atoms with Crippen molar-refractivity contribution in [2.24, 2.45) is 13.0 Å². The van der Waals surface area contributed by atoms with E-state index >= 15 is 0 Å². The van der Waals surface area contributed by atoms with Gasteiger partial charge in [0.2, 0.25) is 5.91 Å². The second-order valence-electron chi connectivity index (χ2n) is 8.14. The Morgan fingerprint density at radius 2 is 1.74 bits per heavy atom. The van der Waals surface area contributed by atoms with E-state index in [4.69, 9.17) is 4.98 Å². The number of benzene rings is 2. The van der Waals surface area contributed by atoms with Crippen molar-refractivity contribution in [2.75, 3.05) is 13.1 Å². The molecule has 162 valence electrons. The van der Waals surface area contributed by atoms with Gasteiger partial charge in [0.25, 0.3) is 0 Å². The topological polar surface area (TPSA) is 88.0 Å². The van der Waals surface area contributed by atoms with E-state index in [-0.39, 0.29) is 18.5 Å². The average Bonchev–Trinajstić information content (AvgIpc) is 3.43. The van der Waals surface area contributed by atoms with Crippen LogP contribution in [0.2, 0.25) is 0 Å². The molecule has 7 nitrogen and oxygen atoms in total. The summed E-state index contributed by atoms with van der Waals surface area (Å²) in [7, 11) is 1.95. The molecular weight excluding hydrogens is 390 g/mol. The van der Waals surface area contributed by atoms with Crippen LogP contribution in [0.25, 0.3) is 11.0 Å². The molecule has 3 N–H and O–H groups in total. The van der Waals surface area contributed by atoms with Gasteiger partial charge in [-0.1, -0.05) is 55.3 Å². The van der Waals surface area contributed by atoms with Crippen LogP contribution in [0.15, 0.2) is 54.6 Å². The van der Waals surface area contributed by atoms with Crippen molar-refractivity contribution in [2.45, 2.75) is 31.7 Å². The molecule has 1 atom stereocenters. The van der Waals surface area contributed by atoms with Gasteiger partial charge in [0.15, 0.2) is 0 Å². The van der Waals surface area contributed by atoms with Crippen molar-refractivity contribution in [3.63, 3.8) is 0 Å². The van der Waals surface area contributed by atoms with Gasteiger partial charge in [-0.25, -0.2) is 9.78 Å². The lowest BCUT2D eigenvalue weighted by molar-refractivity contribution is -0.120. The number of fused-ring (bicyclic) bond motifs is 1. The Morgan fingerprint density at radius 1 is 1.03 bits per heavy atom. The van der Waals surface area contributed by atoms with E-state index < -0.39 is 6.04 Å². The summed E-state index contributed by atoms with van der Waals surface area (Å²) >= 11 is 0. The summed E-state index contributed by atoms with van der Waals surface area (Å²) in [6.07, 6.45) is 4.80. The van der Waals surface area contributed by atoms with Crippen molar-refractivity contribution in [1.82, 2.24) is 25.5 Å². The van der Waals surface area contributed by atoms with Crippen LogP contribution >= 0.6 is 0 Å². The third kappa shape index (κ3) is 5.05. The SMILES string of the molecule is Cn1c(C(NC(=O)CNC(=O)NCC2CCCC2)c2ccccc2)nc2ccccc21. The monoisotopic (exact) mass is 419 g/mol. The van der Waals surface area contributed by atoms with E-state index in [1.807, 2.05) is 66.2 Å². The second kappa shape index (κ2) is 9.64. The number of hydrogen-bond acceptors (Lipinski definition) is 3. The zero-order chi connectivity index (χ0) is 21.6. The third-order valence-corrected chi connectivity index (χ3v) is 5.95. The first-order valence-electron chi connectivity index (χ1n) is 10.9. The summed E-state index contributed by atoms with van der Waals surface area (Å²) in [6, 6.07) is 16.9. The van der Waals surface area contributed by atoms with Crippen molar-refractivity contribution >= 4 is 23.0 Å². The standard InChI is InChI=1S/C24H29N5O2/c1-29-20-14-8-7-13-19(20)27-23(29)22(18-11-3-2-4-12-18)28-21(30)16-26-24(31)25-15-17-9-5-6-10-17/h2-4,7-8,11-14,17,22H,5-6,9-10,15-16H2,1H3,(H,28,30)(H2,25,26,31). The summed E-state index contributed by atoms with van der Waals surface area (Å²) in [5.74, 6) is 1.03. The number of urea groups is 1.